The van der Waals surface area contributed by atoms with Crippen LogP contribution < -0.4 is 5.32 Å². The van der Waals surface area contributed by atoms with Gasteiger partial charge in [0, 0.05) is 23.5 Å². The Labute approximate surface area is 108 Å². The van der Waals surface area contributed by atoms with Gasteiger partial charge in [-0.25, -0.2) is 0 Å². The van der Waals surface area contributed by atoms with Gasteiger partial charge in [-0.3, -0.25) is 0 Å². The zero-order valence-electron chi connectivity index (χ0n) is 11.0. The molecule has 1 aliphatic rings. The molecule has 1 aromatic heterocycles. The second-order valence-corrected chi connectivity index (χ2v) is 5.35. The Morgan fingerprint density at radius 1 is 1.33 bits per heavy atom. The minimum Gasteiger partial charge on any atom is -0.464 e. The summed E-state index contributed by atoms with van der Waals surface area (Å²) in [7, 11) is 4.25. The molecule has 3 rings (SSSR count). The maximum absolute atomic E-state index is 5.65. The van der Waals surface area contributed by atoms with E-state index in [0.29, 0.717) is 6.04 Å². The molecule has 1 saturated carbocycles. The van der Waals surface area contributed by atoms with Crippen molar-refractivity contribution in [2.75, 3.05) is 20.6 Å². The first kappa shape index (κ1) is 11.8. The predicted octanol–water partition coefficient (Wildman–Crippen LogP) is 2.79. The van der Waals surface area contributed by atoms with Crippen molar-refractivity contribution >= 4 is 11.0 Å². The highest BCUT2D eigenvalue weighted by molar-refractivity contribution is 5.81. The Bertz CT molecular complexity index is 528. The smallest absolute Gasteiger partial charge is 0.134 e. The summed E-state index contributed by atoms with van der Waals surface area (Å²) in [6.07, 6.45) is 4.56. The molecular weight excluding hydrogens is 224 g/mol. The van der Waals surface area contributed by atoms with Crippen molar-refractivity contribution in [2.45, 2.75) is 24.9 Å². The van der Waals surface area contributed by atoms with Gasteiger partial charge >= 0.3 is 0 Å². The van der Waals surface area contributed by atoms with E-state index in [1.807, 2.05) is 18.4 Å². The van der Waals surface area contributed by atoms with Crippen LogP contribution in [-0.4, -0.2) is 31.6 Å². The number of nitrogens with one attached hydrogen (secondary N) is 1. The molecule has 0 radical (unpaired) electrons. The Hall–Kier alpha value is -1.32. The number of furan rings is 1. The van der Waals surface area contributed by atoms with E-state index in [9.17, 15) is 0 Å². The van der Waals surface area contributed by atoms with Crippen LogP contribution in [0.1, 0.15) is 24.4 Å². The Morgan fingerprint density at radius 3 is 2.83 bits per heavy atom. The summed E-state index contributed by atoms with van der Waals surface area (Å²) in [5, 5.41) is 4.84. The summed E-state index contributed by atoms with van der Waals surface area (Å²) in [6.45, 7) is 0.987. The van der Waals surface area contributed by atoms with Crippen molar-refractivity contribution < 1.29 is 4.42 Å². The molecule has 96 valence electrons. The molecular formula is C15H20N2O. The number of hydrogen-bond donors (Lipinski definition) is 1. The standard InChI is InChI=1S/C15H20N2O/c1-17(2)14(9-16-11-7-8-11)13-10-18-15-6-4-3-5-12(13)15/h3-6,10-11,14,16H,7-9H2,1-2H3. The Morgan fingerprint density at radius 2 is 2.11 bits per heavy atom. The topological polar surface area (TPSA) is 28.4 Å². The maximum Gasteiger partial charge on any atom is 0.134 e. The van der Waals surface area contributed by atoms with E-state index in [4.69, 9.17) is 4.42 Å². The highest BCUT2D eigenvalue weighted by atomic mass is 16.3. The van der Waals surface area contributed by atoms with Gasteiger partial charge in [0.1, 0.15) is 5.58 Å². The van der Waals surface area contributed by atoms with Crippen LogP contribution in [0.15, 0.2) is 34.9 Å². The summed E-state index contributed by atoms with van der Waals surface area (Å²) >= 11 is 0. The lowest BCUT2D eigenvalue weighted by molar-refractivity contribution is 0.288. The molecule has 1 atom stereocenters. The van der Waals surface area contributed by atoms with E-state index in [-0.39, 0.29) is 0 Å². The predicted molar refractivity (Wildman–Crippen MR) is 73.7 cm³/mol. The summed E-state index contributed by atoms with van der Waals surface area (Å²) < 4.78 is 5.65. The molecule has 1 heterocycles. The molecule has 2 aromatic rings. The number of nitrogens with zero attached hydrogens (tertiary/aromatic N) is 1. The highest BCUT2D eigenvalue weighted by Crippen LogP contribution is 2.29. The van der Waals surface area contributed by atoms with Crippen LogP contribution in [-0.2, 0) is 0 Å². The molecule has 3 nitrogen and oxygen atoms in total. The SMILES string of the molecule is CN(C)C(CNC1CC1)c1coc2ccccc12. The van der Waals surface area contributed by atoms with Crippen LogP contribution in [0, 0.1) is 0 Å². The third kappa shape index (κ3) is 2.28. The van der Waals surface area contributed by atoms with Crippen molar-refractivity contribution in [1.82, 2.24) is 10.2 Å². The summed E-state index contributed by atoms with van der Waals surface area (Å²) in [5.74, 6) is 0. The van der Waals surface area contributed by atoms with Gasteiger partial charge in [-0.2, -0.15) is 0 Å². The van der Waals surface area contributed by atoms with Crippen molar-refractivity contribution in [2.24, 2.45) is 0 Å². The van der Waals surface area contributed by atoms with Crippen molar-refractivity contribution in [3.05, 3.63) is 36.1 Å². The number of para-hydroxylation sites is 1. The number of fused-ring (bicyclic) bond motifs is 1. The molecule has 0 saturated heterocycles. The van der Waals surface area contributed by atoms with E-state index < -0.39 is 0 Å². The van der Waals surface area contributed by atoms with Gasteiger partial charge in [0.05, 0.1) is 12.3 Å². The average molecular weight is 244 g/mol. The first-order valence-corrected chi connectivity index (χ1v) is 6.61. The molecule has 1 fully saturated rings. The lowest BCUT2D eigenvalue weighted by Gasteiger charge is -2.24. The van der Waals surface area contributed by atoms with Crippen molar-refractivity contribution in [1.29, 1.82) is 0 Å². The summed E-state index contributed by atoms with van der Waals surface area (Å²) in [4.78, 5) is 2.26. The van der Waals surface area contributed by atoms with Gasteiger partial charge in [0.15, 0.2) is 0 Å². The average Bonchev–Trinajstić information content (AvgIpc) is 3.09. The molecule has 1 unspecified atom stereocenters. The van der Waals surface area contributed by atoms with E-state index in [1.165, 1.54) is 23.8 Å². The molecule has 0 spiro atoms. The lowest BCUT2D eigenvalue weighted by atomic mass is 10.0. The molecule has 0 bridgehead atoms. The number of likely N-dealkylation sites (N-methyl/N-ethyl adjacent to an activating group) is 1. The van der Waals surface area contributed by atoms with Gasteiger partial charge in [-0.1, -0.05) is 18.2 Å². The normalized spacial score (nSPS) is 17.5. The van der Waals surface area contributed by atoms with Crippen molar-refractivity contribution in [3.63, 3.8) is 0 Å². The zero-order valence-corrected chi connectivity index (χ0v) is 11.0. The molecule has 0 amide bonds. The van der Waals surface area contributed by atoms with Gasteiger partial charge < -0.3 is 14.6 Å². The lowest BCUT2D eigenvalue weighted by Crippen LogP contribution is -2.31. The number of benzene rings is 1. The van der Waals surface area contributed by atoms with Gasteiger partial charge in [0.2, 0.25) is 0 Å². The molecule has 18 heavy (non-hydrogen) atoms. The second-order valence-electron chi connectivity index (χ2n) is 5.35. The quantitative estimate of drug-likeness (QED) is 0.876. The van der Waals surface area contributed by atoms with Gasteiger partial charge in [0.25, 0.3) is 0 Å². The Kier molecular flexibility index (Phi) is 3.10. The third-order valence-electron chi connectivity index (χ3n) is 3.67. The monoisotopic (exact) mass is 244 g/mol. The summed E-state index contributed by atoms with van der Waals surface area (Å²) in [5.41, 5.74) is 2.26. The fourth-order valence-electron chi connectivity index (χ4n) is 2.39. The fraction of sp³-hybridized carbons (Fsp3) is 0.467. The van der Waals surface area contributed by atoms with Crippen LogP contribution >= 0.6 is 0 Å². The highest BCUT2D eigenvalue weighted by Gasteiger charge is 2.24. The molecule has 1 N–H and O–H groups in total. The third-order valence-corrected chi connectivity index (χ3v) is 3.67. The van der Waals surface area contributed by atoms with Crippen molar-refractivity contribution in [3.8, 4) is 0 Å². The van der Waals surface area contributed by atoms with Crippen LogP contribution in [0.5, 0.6) is 0 Å². The molecule has 1 aromatic carbocycles. The van der Waals surface area contributed by atoms with Crippen LogP contribution in [0.4, 0.5) is 0 Å². The maximum atomic E-state index is 5.65. The minimum atomic E-state index is 0.370. The number of rotatable bonds is 5. The largest absolute Gasteiger partial charge is 0.464 e. The van der Waals surface area contributed by atoms with Gasteiger partial charge in [-0.05, 0) is 33.0 Å². The van der Waals surface area contributed by atoms with E-state index in [0.717, 1.165) is 18.2 Å². The number of hydrogen-bond acceptors (Lipinski definition) is 3. The van der Waals surface area contributed by atoms with Gasteiger partial charge in [-0.15, -0.1) is 0 Å². The van der Waals surface area contributed by atoms with Crippen LogP contribution in [0.3, 0.4) is 0 Å². The fourth-order valence-corrected chi connectivity index (χ4v) is 2.39. The molecule has 1 aliphatic carbocycles. The first-order chi connectivity index (χ1) is 8.75. The zero-order chi connectivity index (χ0) is 12.5. The first-order valence-electron chi connectivity index (χ1n) is 6.61. The molecule has 0 aliphatic heterocycles. The van der Waals surface area contributed by atoms with Crippen LogP contribution in [0.25, 0.3) is 11.0 Å². The molecule has 3 heteroatoms. The summed E-state index contributed by atoms with van der Waals surface area (Å²) in [6, 6.07) is 9.37. The van der Waals surface area contributed by atoms with E-state index in [1.54, 1.807) is 0 Å². The van der Waals surface area contributed by atoms with E-state index in [2.05, 4.69) is 36.4 Å². The second kappa shape index (κ2) is 4.75. The minimum absolute atomic E-state index is 0.370. The van der Waals surface area contributed by atoms with Crippen LogP contribution in [0.2, 0.25) is 0 Å². The van der Waals surface area contributed by atoms with E-state index >= 15 is 0 Å². The Balaban J connectivity index is 1.87.